The van der Waals surface area contributed by atoms with Gasteiger partial charge in [-0.15, -0.1) is 0 Å². The number of sulfone groups is 1. The van der Waals surface area contributed by atoms with Crippen LogP contribution in [0, 0.1) is 0 Å². The van der Waals surface area contributed by atoms with Gasteiger partial charge in [-0.2, -0.15) is 0 Å². The second-order valence-electron chi connectivity index (χ2n) is 6.89. The lowest BCUT2D eigenvalue weighted by Gasteiger charge is -2.24. The number of hydrogen-bond donors (Lipinski definition) is 4. The Morgan fingerprint density at radius 1 is 1.19 bits per heavy atom. The number of pyridine rings is 1. The fourth-order valence-corrected chi connectivity index (χ4v) is 4.86. The molecular weight excluding hydrogens is 446 g/mol. The lowest BCUT2D eigenvalue weighted by atomic mass is 10.1. The minimum absolute atomic E-state index is 0.0127. The summed E-state index contributed by atoms with van der Waals surface area (Å²) in [4.78, 5) is 15.9. The molecule has 0 spiro atoms. The SMILES string of the molecule is O=C(O)c1ccc(O)cc1Nc1cc(S(=O)(=O)C2COCCN2)nc2ccc(Cl)cc12. The highest BCUT2D eigenvalue weighted by Gasteiger charge is 2.31. The molecule has 0 aliphatic carbocycles. The summed E-state index contributed by atoms with van der Waals surface area (Å²) in [5.74, 6) is -1.37. The van der Waals surface area contributed by atoms with Crippen molar-refractivity contribution < 1.29 is 28.2 Å². The number of carbonyl (C=O) groups is 1. The molecule has 1 atom stereocenters. The van der Waals surface area contributed by atoms with Crippen molar-refractivity contribution in [2.45, 2.75) is 10.4 Å². The molecule has 1 aromatic heterocycles. The highest BCUT2D eigenvalue weighted by molar-refractivity contribution is 7.92. The van der Waals surface area contributed by atoms with E-state index in [0.29, 0.717) is 29.1 Å². The molecule has 11 heteroatoms. The molecule has 1 aliphatic rings. The van der Waals surface area contributed by atoms with Gasteiger partial charge in [-0.25, -0.2) is 18.2 Å². The minimum atomic E-state index is -3.90. The second-order valence-corrected chi connectivity index (χ2v) is 9.41. The van der Waals surface area contributed by atoms with E-state index in [0.717, 1.165) is 0 Å². The molecule has 162 valence electrons. The zero-order chi connectivity index (χ0) is 22.2. The Morgan fingerprint density at radius 2 is 2.00 bits per heavy atom. The van der Waals surface area contributed by atoms with Crippen LogP contribution in [0.25, 0.3) is 10.9 Å². The van der Waals surface area contributed by atoms with E-state index in [1.807, 2.05) is 0 Å². The number of ether oxygens (including phenoxy) is 1. The average molecular weight is 464 g/mol. The van der Waals surface area contributed by atoms with Crippen LogP contribution in [-0.2, 0) is 14.6 Å². The van der Waals surface area contributed by atoms with Gasteiger partial charge in [0.2, 0.25) is 9.84 Å². The van der Waals surface area contributed by atoms with Crippen molar-refractivity contribution in [1.29, 1.82) is 0 Å². The van der Waals surface area contributed by atoms with Gasteiger partial charge in [-0.05, 0) is 36.4 Å². The van der Waals surface area contributed by atoms with Gasteiger partial charge in [-0.3, -0.25) is 5.32 Å². The number of phenolic OH excluding ortho intramolecular Hbond substituents is 1. The topological polar surface area (TPSA) is 138 Å². The number of nitrogens with one attached hydrogen (secondary N) is 2. The summed E-state index contributed by atoms with van der Waals surface area (Å²) in [5.41, 5.74) is 0.608. The number of anilines is 2. The zero-order valence-corrected chi connectivity index (χ0v) is 17.6. The number of nitrogens with zero attached hydrogens (tertiary/aromatic N) is 1. The molecule has 4 rings (SSSR count). The summed E-state index contributed by atoms with van der Waals surface area (Å²) in [6.07, 6.45) is 0. The Kier molecular flexibility index (Phi) is 5.71. The number of halogens is 1. The molecule has 1 unspecified atom stereocenters. The van der Waals surface area contributed by atoms with Crippen molar-refractivity contribution in [3.8, 4) is 5.75 Å². The molecule has 4 N–H and O–H groups in total. The number of fused-ring (bicyclic) bond motifs is 1. The van der Waals surface area contributed by atoms with Crippen molar-refractivity contribution in [1.82, 2.24) is 10.3 Å². The molecule has 0 amide bonds. The van der Waals surface area contributed by atoms with E-state index in [2.05, 4.69) is 15.6 Å². The number of carboxylic acids is 1. The summed E-state index contributed by atoms with van der Waals surface area (Å²) in [7, 11) is -3.90. The van der Waals surface area contributed by atoms with Gasteiger partial charge in [0.1, 0.15) is 11.1 Å². The third-order valence-electron chi connectivity index (χ3n) is 4.80. The molecule has 0 radical (unpaired) electrons. The van der Waals surface area contributed by atoms with Crippen LogP contribution >= 0.6 is 11.6 Å². The Labute approximate surface area is 182 Å². The van der Waals surface area contributed by atoms with Crippen LogP contribution in [0.2, 0.25) is 5.02 Å². The minimum Gasteiger partial charge on any atom is -0.508 e. The third kappa shape index (κ3) is 4.28. The van der Waals surface area contributed by atoms with E-state index in [1.54, 1.807) is 18.2 Å². The quantitative estimate of drug-likeness (QED) is 0.449. The van der Waals surface area contributed by atoms with Gasteiger partial charge >= 0.3 is 5.97 Å². The first-order valence-corrected chi connectivity index (χ1v) is 11.2. The molecule has 0 saturated carbocycles. The number of morpholine rings is 1. The molecule has 31 heavy (non-hydrogen) atoms. The van der Waals surface area contributed by atoms with Crippen molar-refractivity contribution in [3.05, 3.63) is 53.1 Å². The average Bonchev–Trinajstić information content (AvgIpc) is 2.74. The number of rotatable bonds is 5. The van der Waals surface area contributed by atoms with Gasteiger partial charge in [0.25, 0.3) is 0 Å². The van der Waals surface area contributed by atoms with Crippen LogP contribution in [0.5, 0.6) is 5.75 Å². The smallest absolute Gasteiger partial charge is 0.337 e. The Morgan fingerprint density at radius 3 is 2.71 bits per heavy atom. The molecule has 1 fully saturated rings. The summed E-state index contributed by atoms with van der Waals surface area (Å²) in [6.45, 7) is 0.794. The lowest BCUT2D eigenvalue weighted by Crippen LogP contribution is -2.46. The van der Waals surface area contributed by atoms with Crippen LogP contribution in [0.3, 0.4) is 0 Å². The molecule has 1 saturated heterocycles. The van der Waals surface area contributed by atoms with E-state index < -0.39 is 21.2 Å². The normalized spacial score (nSPS) is 16.9. The maximum Gasteiger partial charge on any atom is 0.337 e. The Bertz CT molecular complexity index is 1280. The van der Waals surface area contributed by atoms with Crippen LogP contribution in [0.15, 0.2) is 47.5 Å². The van der Waals surface area contributed by atoms with Crippen molar-refractivity contribution in [2.24, 2.45) is 0 Å². The van der Waals surface area contributed by atoms with Crippen molar-refractivity contribution >= 4 is 49.7 Å². The summed E-state index contributed by atoms with van der Waals surface area (Å²) < 4.78 is 31.6. The number of aromatic carboxylic acids is 1. The summed E-state index contributed by atoms with van der Waals surface area (Å²) in [5, 5.41) is 24.9. The van der Waals surface area contributed by atoms with Crippen LogP contribution in [-0.4, -0.2) is 54.7 Å². The predicted octanol–water partition coefficient (Wildman–Crippen LogP) is 2.76. The largest absolute Gasteiger partial charge is 0.508 e. The highest BCUT2D eigenvalue weighted by Crippen LogP contribution is 2.33. The van der Waals surface area contributed by atoms with E-state index >= 15 is 0 Å². The van der Waals surface area contributed by atoms with Gasteiger partial charge in [0, 0.05) is 23.0 Å². The first-order chi connectivity index (χ1) is 14.8. The number of hydrogen-bond acceptors (Lipinski definition) is 8. The molecular formula is C20H18ClN3O6S. The van der Waals surface area contributed by atoms with Gasteiger partial charge in [-0.1, -0.05) is 11.6 Å². The van der Waals surface area contributed by atoms with E-state index in [-0.39, 0.29) is 34.3 Å². The fourth-order valence-electron chi connectivity index (χ4n) is 3.28. The second kappa shape index (κ2) is 8.31. The number of carboxylic acid groups (broad SMARTS) is 1. The van der Waals surface area contributed by atoms with Gasteiger partial charge in [0.15, 0.2) is 5.03 Å². The summed E-state index contributed by atoms with van der Waals surface area (Å²) >= 11 is 6.12. The molecule has 3 aromatic rings. The van der Waals surface area contributed by atoms with E-state index in [1.165, 1.54) is 24.3 Å². The first-order valence-electron chi connectivity index (χ1n) is 9.24. The van der Waals surface area contributed by atoms with Crippen LogP contribution in [0.4, 0.5) is 11.4 Å². The number of benzene rings is 2. The monoisotopic (exact) mass is 463 g/mol. The predicted molar refractivity (Wildman–Crippen MR) is 115 cm³/mol. The number of aromatic hydroxyl groups is 1. The number of phenols is 1. The highest BCUT2D eigenvalue weighted by atomic mass is 35.5. The van der Waals surface area contributed by atoms with Crippen molar-refractivity contribution in [2.75, 3.05) is 25.1 Å². The molecule has 1 aliphatic heterocycles. The fraction of sp³-hybridized carbons (Fsp3) is 0.200. The van der Waals surface area contributed by atoms with E-state index in [4.69, 9.17) is 16.3 Å². The maximum absolute atomic E-state index is 13.1. The lowest BCUT2D eigenvalue weighted by molar-refractivity contribution is 0.0698. The van der Waals surface area contributed by atoms with Gasteiger partial charge < -0.3 is 20.3 Å². The first kappa shape index (κ1) is 21.3. The standard InChI is InChI=1S/C20H18ClN3O6S/c21-11-1-4-15-14(7-11)17(23-16-8-12(25)2-3-13(16)20(26)27)9-18(24-15)31(28,29)19-10-30-6-5-22-19/h1-4,7-9,19,22,25H,5-6,10H2,(H,23,24)(H,26,27). The van der Waals surface area contributed by atoms with Gasteiger partial charge in [0.05, 0.1) is 35.7 Å². The third-order valence-corrected chi connectivity index (χ3v) is 6.88. The molecule has 9 nitrogen and oxygen atoms in total. The van der Waals surface area contributed by atoms with Crippen LogP contribution in [0.1, 0.15) is 10.4 Å². The van der Waals surface area contributed by atoms with E-state index in [9.17, 15) is 23.4 Å². The molecule has 0 bridgehead atoms. The Hall–Kier alpha value is -2.92. The van der Waals surface area contributed by atoms with Crippen molar-refractivity contribution in [3.63, 3.8) is 0 Å². The molecule has 2 heterocycles. The number of aromatic nitrogens is 1. The zero-order valence-electron chi connectivity index (χ0n) is 16.0. The maximum atomic E-state index is 13.1. The van der Waals surface area contributed by atoms with Crippen LogP contribution < -0.4 is 10.6 Å². The summed E-state index contributed by atoms with van der Waals surface area (Å²) in [6, 6.07) is 9.81. The Balaban J connectivity index is 1.87. The molecule has 2 aromatic carbocycles.